The van der Waals surface area contributed by atoms with Crippen LogP contribution < -0.4 is 0 Å². The standard InChI is InChI=1S/C7H9NO2S2/c1-2-5-3-11-7(8-5)12-4-6(9)10/h2H,3-4H2,1H3,(H,9,10). The molecule has 0 aliphatic carbocycles. The summed E-state index contributed by atoms with van der Waals surface area (Å²) in [6.45, 7) is 1.93. The van der Waals surface area contributed by atoms with Gasteiger partial charge < -0.3 is 5.11 Å². The van der Waals surface area contributed by atoms with Gasteiger partial charge >= 0.3 is 5.97 Å². The number of rotatable bonds is 2. The average molecular weight is 203 g/mol. The predicted molar refractivity (Wildman–Crippen MR) is 53.7 cm³/mol. The first-order chi connectivity index (χ1) is 5.72. The molecule has 0 bridgehead atoms. The van der Waals surface area contributed by atoms with Gasteiger partial charge in [-0.2, -0.15) is 0 Å². The van der Waals surface area contributed by atoms with E-state index in [0.29, 0.717) is 0 Å². The lowest BCUT2D eigenvalue weighted by atomic mass is 10.5. The third kappa shape index (κ3) is 2.91. The molecule has 0 atom stereocenters. The van der Waals surface area contributed by atoms with Crippen LogP contribution in [0, 0.1) is 0 Å². The fraction of sp³-hybridized carbons (Fsp3) is 0.429. The Morgan fingerprint density at radius 1 is 1.92 bits per heavy atom. The quantitative estimate of drug-likeness (QED) is 0.743. The third-order valence-electron chi connectivity index (χ3n) is 1.23. The van der Waals surface area contributed by atoms with Crippen LogP contribution in [0.1, 0.15) is 6.92 Å². The first-order valence-corrected chi connectivity index (χ1v) is 5.40. The molecule has 66 valence electrons. The summed E-state index contributed by atoms with van der Waals surface area (Å²) in [6, 6.07) is 0. The SMILES string of the molecule is CC=C1CSC(SCC(=O)O)=N1. The average Bonchev–Trinajstić information content (AvgIpc) is 2.48. The second-order valence-corrected chi connectivity index (χ2v) is 4.32. The highest BCUT2D eigenvalue weighted by atomic mass is 32.2. The molecule has 1 N–H and O–H groups in total. The number of thioether (sulfide) groups is 2. The van der Waals surface area contributed by atoms with Gasteiger partial charge in [-0.3, -0.25) is 4.79 Å². The van der Waals surface area contributed by atoms with Gasteiger partial charge in [0.1, 0.15) is 4.38 Å². The van der Waals surface area contributed by atoms with Crippen molar-refractivity contribution in [1.82, 2.24) is 0 Å². The molecule has 1 aliphatic heterocycles. The second-order valence-electron chi connectivity index (χ2n) is 2.13. The molecule has 0 spiro atoms. The maximum absolute atomic E-state index is 10.2. The normalized spacial score (nSPS) is 19.8. The van der Waals surface area contributed by atoms with Crippen molar-refractivity contribution in [2.75, 3.05) is 11.5 Å². The number of nitrogens with zero attached hydrogens (tertiary/aromatic N) is 1. The molecule has 0 aromatic rings. The van der Waals surface area contributed by atoms with E-state index in [1.165, 1.54) is 11.8 Å². The minimum atomic E-state index is -0.794. The first-order valence-electron chi connectivity index (χ1n) is 3.43. The smallest absolute Gasteiger partial charge is 0.313 e. The highest BCUT2D eigenvalue weighted by Crippen LogP contribution is 2.27. The van der Waals surface area contributed by atoms with Gasteiger partial charge in [0, 0.05) is 11.4 Å². The van der Waals surface area contributed by atoms with E-state index in [-0.39, 0.29) is 5.75 Å². The Labute approximate surface area is 79.3 Å². The van der Waals surface area contributed by atoms with Gasteiger partial charge in [0.05, 0.1) is 5.75 Å². The summed E-state index contributed by atoms with van der Waals surface area (Å²) in [5.41, 5.74) is 1.04. The van der Waals surface area contributed by atoms with Crippen LogP contribution in [0.2, 0.25) is 0 Å². The second kappa shape index (κ2) is 4.57. The first kappa shape index (κ1) is 9.67. The van der Waals surface area contributed by atoms with E-state index < -0.39 is 5.97 Å². The number of hydrogen-bond donors (Lipinski definition) is 1. The Morgan fingerprint density at radius 2 is 2.67 bits per heavy atom. The third-order valence-corrected chi connectivity index (χ3v) is 3.45. The summed E-state index contributed by atoms with van der Waals surface area (Å²) < 4.78 is 0.866. The summed E-state index contributed by atoms with van der Waals surface area (Å²) in [5, 5.41) is 8.40. The maximum atomic E-state index is 10.2. The van der Waals surface area contributed by atoms with Crippen molar-refractivity contribution < 1.29 is 9.90 Å². The van der Waals surface area contributed by atoms with E-state index in [1.807, 2.05) is 13.0 Å². The maximum Gasteiger partial charge on any atom is 0.313 e. The Bertz CT molecular complexity index is 248. The highest BCUT2D eigenvalue weighted by molar-refractivity contribution is 8.39. The molecule has 1 rings (SSSR count). The monoisotopic (exact) mass is 203 g/mol. The van der Waals surface area contributed by atoms with Crippen LogP contribution >= 0.6 is 23.5 Å². The van der Waals surface area contributed by atoms with Gasteiger partial charge in [0.25, 0.3) is 0 Å². The van der Waals surface area contributed by atoms with E-state index in [4.69, 9.17) is 5.11 Å². The molecule has 1 aliphatic rings. The fourth-order valence-electron chi connectivity index (χ4n) is 0.663. The van der Waals surface area contributed by atoms with Crippen molar-refractivity contribution in [3.05, 3.63) is 11.8 Å². The van der Waals surface area contributed by atoms with Crippen molar-refractivity contribution in [1.29, 1.82) is 0 Å². The number of hydrogen-bond acceptors (Lipinski definition) is 4. The lowest BCUT2D eigenvalue weighted by Gasteiger charge is -1.92. The number of aliphatic carboxylic acids is 1. The summed E-state index contributed by atoms with van der Waals surface area (Å²) in [5.74, 6) is 0.179. The Hall–Kier alpha value is -0.420. The van der Waals surface area contributed by atoms with E-state index >= 15 is 0 Å². The van der Waals surface area contributed by atoms with Gasteiger partial charge in [0.2, 0.25) is 0 Å². The number of carbonyl (C=O) groups is 1. The Balaban J connectivity index is 2.40. The van der Waals surface area contributed by atoms with Crippen molar-refractivity contribution in [3.8, 4) is 0 Å². The number of allylic oxidation sites excluding steroid dienone is 1. The lowest BCUT2D eigenvalue weighted by molar-refractivity contribution is -0.133. The van der Waals surface area contributed by atoms with Crippen LogP contribution in [0.4, 0.5) is 0 Å². The van der Waals surface area contributed by atoms with Crippen molar-refractivity contribution in [3.63, 3.8) is 0 Å². The van der Waals surface area contributed by atoms with E-state index in [2.05, 4.69) is 4.99 Å². The molecule has 0 radical (unpaired) electrons. The molecule has 0 unspecified atom stereocenters. The van der Waals surface area contributed by atoms with Gasteiger partial charge in [-0.15, -0.1) is 0 Å². The topological polar surface area (TPSA) is 49.7 Å². The zero-order valence-electron chi connectivity index (χ0n) is 6.61. The van der Waals surface area contributed by atoms with E-state index in [9.17, 15) is 4.79 Å². The largest absolute Gasteiger partial charge is 0.481 e. The predicted octanol–water partition coefficient (Wildman–Crippen LogP) is 1.81. The van der Waals surface area contributed by atoms with Gasteiger partial charge in [0.15, 0.2) is 0 Å². The minimum Gasteiger partial charge on any atom is -0.481 e. The molecule has 1 heterocycles. The number of aliphatic imine (C=N–C) groups is 1. The summed E-state index contributed by atoms with van der Waals surface area (Å²) >= 11 is 2.88. The fourth-order valence-corrected chi connectivity index (χ4v) is 2.46. The molecule has 0 fully saturated rings. The molecule has 0 amide bonds. The Kier molecular flexibility index (Phi) is 3.68. The zero-order chi connectivity index (χ0) is 8.97. The van der Waals surface area contributed by atoms with E-state index in [0.717, 1.165) is 15.8 Å². The van der Waals surface area contributed by atoms with Crippen LogP contribution in [-0.2, 0) is 4.79 Å². The van der Waals surface area contributed by atoms with Gasteiger partial charge in [-0.1, -0.05) is 29.6 Å². The van der Waals surface area contributed by atoms with Crippen molar-refractivity contribution >= 4 is 33.9 Å². The summed E-state index contributed by atoms with van der Waals surface area (Å²) in [7, 11) is 0. The van der Waals surface area contributed by atoms with Crippen LogP contribution in [0.15, 0.2) is 16.8 Å². The van der Waals surface area contributed by atoms with Crippen LogP contribution in [0.5, 0.6) is 0 Å². The molecule has 0 aromatic heterocycles. The minimum absolute atomic E-state index is 0.100. The van der Waals surface area contributed by atoms with Crippen LogP contribution in [0.25, 0.3) is 0 Å². The molecule has 5 heteroatoms. The molecule has 0 aromatic carbocycles. The number of carboxylic acid groups (broad SMARTS) is 1. The summed E-state index contributed by atoms with van der Waals surface area (Å²) in [6.07, 6.45) is 1.95. The van der Waals surface area contributed by atoms with Crippen molar-refractivity contribution in [2.45, 2.75) is 6.92 Å². The summed E-state index contributed by atoms with van der Waals surface area (Å²) in [4.78, 5) is 14.4. The highest BCUT2D eigenvalue weighted by Gasteiger charge is 2.12. The molecule has 3 nitrogen and oxygen atoms in total. The molecule has 0 saturated heterocycles. The van der Waals surface area contributed by atoms with Gasteiger partial charge in [-0.05, 0) is 6.92 Å². The van der Waals surface area contributed by atoms with Crippen LogP contribution in [0.3, 0.4) is 0 Å². The lowest BCUT2D eigenvalue weighted by Crippen LogP contribution is -1.99. The molecule has 0 saturated carbocycles. The van der Waals surface area contributed by atoms with E-state index in [1.54, 1.807) is 11.8 Å². The zero-order valence-corrected chi connectivity index (χ0v) is 8.24. The van der Waals surface area contributed by atoms with Crippen molar-refractivity contribution in [2.24, 2.45) is 4.99 Å². The molecular weight excluding hydrogens is 194 g/mol. The van der Waals surface area contributed by atoms with Gasteiger partial charge in [-0.25, -0.2) is 4.99 Å². The number of carboxylic acids is 1. The molecular formula is C7H9NO2S2. The Morgan fingerprint density at radius 3 is 3.17 bits per heavy atom. The molecule has 12 heavy (non-hydrogen) atoms. The van der Waals surface area contributed by atoms with Crippen LogP contribution in [-0.4, -0.2) is 27.0 Å².